The van der Waals surface area contributed by atoms with E-state index in [0.717, 1.165) is 52.1 Å². The van der Waals surface area contributed by atoms with Crippen molar-refractivity contribution in [3.8, 4) is 0 Å². The van der Waals surface area contributed by atoms with Gasteiger partial charge in [0.2, 0.25) is 5.91 Å². The molecular weight excluding hydrogens is 238 g/mol. The molecule has 4 heteroatoms. The molecule has 0 saturated carbocycles. The number of piperazine rings is 1. The highest BCUT2D eigenvalue weighted by atomic mass is 16.1. The summed E-state index contributed by atoms with van der Waals surface area (Å²) in [6.45, 7) is 8.65. The van der Waals surface area contributed by atoms with E-state index in [1.807, 2.05) is 0 Å². The fraction of sp³-hybridized carbons (Fsp3) is 0.933. The lowest BCUT2D eigenvalue weighted by molar-refractivity contribution is -0.121. The first-order valence-electron chi connectivity index (χ1n) is 8.02. The normalized spacial score (nSPS) is 16.5. The number of nitrogens with zero attached hydrogens (tertiary/aromatic N) is 1. The number of carbonyl (C=O) groups excluding carboxylic acids is 1. The van der Waals surface area contributed by atoms with E-state index < -0.39 is 0 Å². The highest BCUT2D eigenvalue weighted by molar-refractivity contribution is 5.75. The van der Waals surface area contributed by atoms with Crippen LogP contribution < -0.4 is 10.6 Å². The third kappa shape index (κ3) is 9.00. The predicted octanol–water partition coefficient (Wildman–Crippen LogP) is 1.76. The van der Waals surface area contributed by atoms with Gasteiger partial charge in [0.05, 0.1) is 0 Å². The molecule has 1 amide bonds. The number of amides is 1. The van der Waals surface area contributed by atoms with E-state index in [0.29, 0.717) is 6.42 Å². The lowest BCUT2D eigenvalue weighted by atomic mass is 10.1. The number of nitrogens with one attached hydrogen (secondary N) is 2. The van der Waals surface area contributed by atoms with Gasteiger partial charge in [-0.05, 0) is 19.4 Å². The second kappa shape index (κ2) is 11.2. The Morgan fingerprint density at radius 3 is 2.58 bits per heavy atom. The minimum atomic E-state index is 0.233. The van der Waals surface area contributed by atoms with Crippen LogP contribution in [0.1, 0.15) is 51.9 Å². The van der Waals surface area contributed by atoms with Crippen LogP contribution in [-0.2, 0) is 4.79 Å². The van der Waals surface area contributed by atoms with E-state index in [1.165, 1.54) is 25.7 Å². The highest BCUT2D eigenvalue weighted by Gasteiger charge is 2.08. The van der Waals surface area contributed by atoms with Crippen LogP contribution in [0.2, 0.25) is 0 Å². The van der Waals surface area contributed by atoms with Gasteiger partial charge in [0.25, 0.3) is 0 Å². The van der Waals surface area contributed by atoms with Crippen molar-refractivity contribution in [1.82, 2.24) is 15.5 Å². The van der Waals surface area contributed by atoms with Crippen molar-refractivity contribution >= 4 is 5.91 Å². The summed E-state index contributed by atoms with van der Waals surface area (Å²) in [5.41, 5.74) is 0. The summed E-state index contributed by atoms with van der Waals surface area (Å²) in [6.07, 6.45) is 7.85. The van der Waals surface area contributed by atoms with E-state index in [9.17, 15) is 4.79 Å². The van der Waals surface area contributed by atoms with Crippen LogP contribution in [0.25, 0.3) is 0 Å². The molecule has 1 saturated heterocycles. The molecular formula is C15H31N3O. The minimum Gasteiger partial charge on any atom is -0.356 e. The second-order valence-corrected chi connectivity index (χ2v) is 5.46. The molecule has 0 atom stereocenters. The zero-order valence-electron chi connectivity index (χ0n) is 12.5. The first-order chi connectivity index (χ1) is 9.33. The van der Waals surface area contributed by atoms with E-state index in [4.69, 9.17) is 0 Å². The van der Waals surface area contributed by atoms with Crippen molar-refractivity contribution in [3.05, 3.63) is 0 Å². The molecule has 1 rings (SSSR count). The summed E-state index contributed by atoms with van der Waals surface area (Å²) in [5.74, 6) is 0.233. The Labute approximate surface area is 118 Å². The topological polar surface area (TPSA) is 44.4 Å². The Balaban J connectivity index is 1.86. The maximum Gasteiger partial charge on any atom is 0.219 e. The molecule has 1 fully saturated rings. The van der Waals surface area contributed by atoms with Crippen molar-refractivity contribution in [2.45, 2.75) is 51.9 Å². The van der Waals surface area contributed by atoms with E-state index >= 15 is 0 Å². The molecule has 0 aromatic rings. The average molecular weight is 269 g/mol. The van der Waals surface area contributed by atoms with E-state index in [-0.39, 0.29) is 5.91 Å². The van der Waals surface area contributed by atoms with E-state index in [2.05, 4.69) is 22.5 Å². The Bertz CT molecular complexity index is 227. The lowest BCUT2D eigenvalue weighted by Gasteiger charge is -2.27. The third-order valence-electron chi connectivity index (χ3n) is 3.69. The molecule has 0 spiro atoms. The zero-order chi connectivity index (χ0) is 13.8. The molecule has 2 N–H and O–H groups in total. The highest BCUT2D eigenvalue weighted by Crippen LogP contribution is 2.04. The van der Waals surface area contributed by atoms with Crippen molar-refractivity contribution in [2.24, 2.45) is 0 Å². The standard InChI is InChI=1S/C15H31N3O/c1-2-3-4-5-6-8-15(19)17-9-7-12-18-13-10-16-11-14-18/h16H,2-14H2,1H3,(H,17,19). The van der Waals surface area contributed by atoms with Crippen molar-refractivity contribution < 1.29 is 4.79 Å². The molecule has 1 aliphatic rings. The SMILES string of the molecule is CCCCCCCC(=O)NCCCN1CCNCC1. The minimum absolute atomic E-state index is 0.233. The molecule has 1 aliphatic heterocycles. The van der Waals surface area contributed by atoms with Gasteiger partial charge in [0.1, 0.15) is 0 Å². The van der Waals surface area contributed by atoms with Gasteiger partial charge < -0.3 is 15.5 Å². The Morgan fingerprint density at radius 2 is 1.84 bits per heavy atom. The van der Waals surface area contributed by atoms with Crippen molar-refractivity contribution in [3.63, 3.8) is 0 Å². The quantitative estimate of drug-likeness (QED) is 0.594. The molecule has 19 heavy (non-hydrogen) atoms. The molecule has 0 radical (unpaired) electrons. The van der Waals surface area contributed by atoms with E-state index in [1.54, 1.807) is 0 Å². The number of unbranched alkanes of at least 4 members (excludes halogenated alkanes) is 4. The summed E-state index contributed by atoms with van der Waals surface area (Å²) in [4.78, 5) is 14.1. The van der Waals surface area contributed by atoms with Crippen LogP contribution >= 0.6 is 0 Å². The van der Waals surface area contributed by atoms with Crippen LogP contribution in [-0.4, -0.2) is 50.1 Å². The molecule has 0 unspecified atom stereocenters. The Morgan fingerprint density at radius 1 is 1.11 bits per heavy atom. The molecule has 1 heterocycles. The van der Waals surface area contributed by atoms with Gasteiger partial charge in [0.15, 0.2) is 0 Å². The Hall–Kier alpha value is -0.610. The molecule has 4 nitrogen and oxygen atoms in total. The van der Waals surface area contributed by atoms with Gasteiger partial charge in [-0.15, -0.1) is 0 Å². The average Bonchev–Trinajstić information content (AvgIpc) is 2.44. The molecule has 0 aliphatic carbocycles. The summed E-state index contributed by atoms with van der Waals surface area (Å²) in [6, 6.07) is 0. The molecule has 0 aromatic heterocycles. The molecule has 112 valence electrons. The number of carbonyl (C=O) groups is 1. The van der Waals surface area contributed by atoms with Crippen LogP contribution in [0.5, 0.6) is 0 Å². The van der Waals surface area contributed by atoms with Crippen molar-refractivity contribution in [2.75, 3.05) is 39.3 Å². The largest absolute Gasteiger partial charge is 0.356 e. The summed E-state index contributed by atoms with van der Waals surface area (Å²) >= 11 is 0. The maximum atomic E-state index is 11.6. The predicted molar refractivity (Wildman–Crippen MR) is 80.3 cm³/mol. The fourth-order valence-electron chi connectivity index (χ4n) is 2.44. The van der Waals surface area contributed by atoms with Gasteiger partial charge >= 0.3 is 0 Å². The maximum absolute atomic E-state index is 11.6. The Kier molecular flexibility index (Phi) is 9.72. The number of rotatable bonds is 10. The summed E-state index contributed by atoms with van der Waals surface area (Å²) < 4.78 is 0. The third-order valence-corrected chi connectivity index (χ3v) is 3.69. The first kappa shape index (κ1) is 16.4. The van der Waals surface area contributed by atoms with Gasteiger partial charge in [-0.25, -0.2) is 0 Å². The van der Waals surface area contributed by atoms with Crippen LogP contribution in [0.4, 0.5) is 0 Å². The molecule has 0 bridgehead atoms. The second-order valence-electron chi connectivity index (χ2n) is 5.46. The zero-order valence-corrected chi connectivity index (χ0v) is 12.5. The van der Waals surface area contributed by atoms with Crippen molar-refractivity contribution in [1.29, 1.82) is 0 Å². The van der Waals surface area contributed by atoms with Crippen LogP contribution in [0.3, 0.4) is 0 Å². The van der Waals surface area contributed by atoms with Crippen LogP contribution in [0.15, 0.2) is 0 Å². The van der Waals surface area contributed by atoms with Crippen LogP contribution in [0, 0.1) is 0 Å². The first-order valence-corrected chi connectivity index (χ1v) is 8.02. The molecule has 0 aromatic carbocycles. The number of hydrogen-bond acceptors (Lipinski definition) is 3. The van der Waals surface area contributed by atoms with Gasteiger partial charge in [-0.1, -0.05) is 32.6 Å². The monoisotopic (exact) mass is 269 g/mol. The fourth-order valence-corrected chi connectivity index (χ4v) is 2.44. The lowest BCUT2D eigenvalue weighted by Crippen LogP contribution is -2.44. The smallest absolute Gasteiger partial charge is 0.219 e. The number of hydrogen-bond donors (Lipinski definition) is 2. The van der Waals surface area contributed by atoms with Gasteiger partial charge in [0, 0.05) is 39.1 Å². The van der Waals surface area contributed by atoms with Gasteiger partial charge in [-0.3, -0.25) is 4.79 Å². The van der Waals surface area contributed by atoms with Gasteiger partial charge in [-0.2, -0.15) is 0 Å². The summed E-state index contributed by atoms with van der Waals surface area (Å²) in [5, 5.41) is 6.38. The summed E-state index contributed by atoms with van der Waals surface area (Å²) in [7, 11) is 0.